The molecule has 0 saturated carbocycles. The number of aromatic hydroxyl groups is 1. The number of phenols is 1. The number of hydrogen-bond donors (Lipinski definition) is 1. The van der Waals surface area contributed by atoms with Crippen molar-refractivity contribution >= 4 is 11.4 Å². The summed E-state index contributed by atoms with van der Waals surface area (Å²) >= 11 is 0. The Morgan fingerprint density at radius 3 is 1.62 bits per heavy atom. The lowest BCUT2D eigenvalue weighted by molar-refractivity contribution is 0.467. The first-order chi connectivity index (χ1) is 15.2. The summed E-state index contributed by atoms with van der Waals surface area (Å²) in [5.41, 5.74) is 7.44. The molecule has 0 unspecified atom stereocenters. The molecule has 1 N–H and O–H groups in total. The van der Waals surface area contributed by atoms with Crippen LogP contribution in [-0.4, -0.2) is 38.3 Å². The normalized spacial score (nSPS) is 10.9. The Morgan fingerprint density at radius 1 is 0.688 bits per heavy atom. The number of phenolic OH excluding ortho intramolecular Hbond substituents is 1. The highest BCUT2D eigenvalue weighted by atomic mass is 16.4. The molecule has 164 valence electrons. The molecule has 3 aromatic carbocycles. The third-order valence-electron chi connectivity index (χ3n) is 5.67. The van der Waals surface area contributed by atoms with Crippen LogP contribution in [0.25, 0.3) is 34.0 Å². The van der Waals surface area contributed by atoms with Crippen LogP contribution in [0.5, 0.6) is 5.75 Å². The van der Waals surface area contributed by atoms with Gasteiger partial charge in [0, 0.05) is 56.3 Å². The smallest absolute Gasteiger partial charge is 0.227 e. The number of benzene rings is 3. The molecule has 1 heterocycles. The molecule has 0 atom stereocenters. The second-order valence-corrected chi connectivity index (χ2v) is 8.54. The molecule has 0 aliphatic heterocycles. The van der Waals surface area contributed by atoms with Crippen molar-refractivity contribution in [3.05, 3.63) is 71.8 Å². The van der Waals surface area contributed by atoms with E-state index in [1.165, 1.54) is 0 Å². The van der Waals surface area contributed by atoms with E-state index in [9.17, 15) is 5.11 Å². The quantitative estimate of drug-likeness (QED) is 0.415. The Balaban J connectivity index is 1.86. The predicted molar refractivity (Wildman–Crippen MR) is 133 cm³/mol. The lowest BCUT2D eigenvalue weighted by Crippen LogP contribution is -2.08. The average Bonchev–Trinajstić information content (AvgIpc) is 3.22. The molecule has 1 aromatic heterocycles. The van der Waals surface area contributed by atoms with E-state index in [-0.39, 0.29) is 0 Å². The second kappa shape index (κ2) is 8.42. The summed E-state index contributed by atoms with van der Waals surface area (Å²) in [4.78, 5) is 9.04. The van der Waals surface area contributed by atoms with Crippen molar-refractivity contribution in [2.45, 2.75) is 13.8 Å². The number of aromatic nitrogens is 1. The summed E-state index contributed by atoms with van der Waals surface area (Å²) in [6, 6.07) is 20.4. The summed E-state index contributed by atoms with van der Waals surface area (Å²) in [7, 11) is 8.09. The number of oxazole rings is 1. The first-order valence-corrected chi connectivity index (χ1v) is 10.6. The fourth-order valence-electron chi connectivity index (χ4n) is 3.74. The van der Waals surface area contributed by atoms with Gasteiger partial charge >= 0.3 is 0 Å². The molecule has 32 heavy (non-hydrogen) atoms. The largest absolute Gasteiger partial charge is 0.507 e. The molecule has 0 radical (unpaired) electrons. The van der Waals surface area contributed by atoms with Crippen molar-refractivity contribution in [1.82, 2.24) is 4.98 Å². The Kier molecular flexibility index (Phi) is 5.66. The van der Waals surface area contributed by atoms with Crippen molar-refractivity contribution in [3.8, 4) is 39.8 Å². The zero-order valence-electron chi connectivity index (χ0n) is 19.5. The maximum Gasteiger partial charge on any atom is 0.227 e. The van der Waals surface area contributed by atoms with Gasteiger partial charge in [-0.3, -0.25) is 0 Å². The van der Waals surface area contributed by atoms with Crippen LogP contribution in [0.3, 0.4) is 0 Å². The van der Waals surface area contributed by atoms with Gasteiger partial charge in [-0.2, -0.15) is 0 Å². The van der Waals surface area contributed by atoms with E-state index in [1.807, 2.05) is 54.2 Å². The van der Waals surface area contributed by atoms with Crippen LogP contribution in [0, 0.1) is 13.8 Å². The minimum atomic E-state index is 0.305. The lowest BCUT2D eigenvalue weighted by atomic mass is 10.0. The van der Waals surface area contributed by atoms with E-state index < -0.39 is 0 Å². The first kappa shape index (κ1) is 21.5. The van der Waals surface area contributed by atoms with Gasteiger partial charge in [-0.15, -0.1) is 0 Å². The molecular formula is C27H29N3O2. The summed E-state index contributed by atoms with van der Waals surface area (Å²) < 4.78 is 6.35. The first-order valence-electron chi connectivity index (χ1n) is 10.6. The van der Waals surface area contributed by atoms with Gasteiger partial charge in [0.2, 0.25) is 5.89 Å². The SMILES string of the molecule is Cc1cc(-c2nc(-c3ccc(N(C)C)cc3)c(-c3ccc(N(C)C)cc3)o2)cc(C)c1O. The maximum absolute atomic E-state index is 10.2. The number of hydrogen-bond acceptors (Lipinski definition) is 5. The van der Waals surface area contributed by atoms with Crippen molar-refractivity contribution in [2.75, 3.05) is 38.0 Å². The number of aryl methyl sites for hydroxylation is 2. The number of anilines is 2. The molecule has 0 amide bonds. The van der Waals surface area contributed by atoms with E-state index in [1.54, 1.807) is 0 Å². The van der Waals surface area contributed by atoms with Crippen LogP contribution in [0.1, 0.15) is 11.1 Å². The molecule has 0 aliphatic carbocycles. The average molecular weight is 428 g/mol. The Morgan fingerprint density at radius 2 is 1.16 bits per heavy atom. The standard InChI is InChI=1S/C27H29N3O2/c1-17-15-21(16-18(2)25(17)31)27-28-24(19-7-11-22(12-8-19)29(3)4)26(32-27)20-9-13-23(14-10-20)30(5)6/h7-16,31H,1-6H3. The number of nitrogens with zero attached hydrogens (tertiary/aromatic N) is 3. The predicted octanol–water partition coefficient (Wildman–Crippen LogP) is 6.13. The topological polar surface area (TPSA) is 52.7 Å². The van der Waals surface area contributed by atoms with Gasteiger partial charge in [0.25, 0.3) is 0 Å². The molecule has 5 nitrogen and oxygen atoms in total. The fraction of sp³-hybridized carbons (Fsp3) is 0.222. The summed E-state index contributed by atoms with van der Waals surface area (Å²) in [5, 5.41) is 10.2. The molecule has 4 rings (SSSR count). The van der Waals surface area contributed by atoms with Gasteiger partial charge in [-0.1, -0.05) is 12.1 Å². The van der Waals surface area contributed by atoms with Crippen LogP contribution in [0.4, 0.5) is 11.4 Å². The summed E-state index contributed by atoms with van der Waals surface area (Å²) in [6.45, 7) is 3.77. The van der Waals surface area contributed by atoms with E-state index in [0.29, 0.717) is 11.6 Å². The zero-order valence-corrected chi connectivity index (χ0v) is 19.5. The minimum absolute atomic E-state index is 0.305. The highest BCUT2D eigenvalue weighted by Crippen LogP contribution is 2.38. The van der Waals surface area contributed by atoms with Crippen molar-refractivity contribution < 1.29 is 9.52 Å². The van der Waals surface area contributed by atoms with E-state index in [4.69, 9.17) is 9.40 Å². The van der Waals surface area contributed by atoms with Crippen molar-refractivity contribution in [3.63, 3.8) is 0 Å². The van der Waals surface area contributed by atoms with Crippen molar-refractivity contribution in [2.24, 2.45) is 0 Å². The molecule has 0 aliphatic rings. The van der Waals surface area contributed by atoms with Gasteiger partial charge in [-0.05, 0) is 73.5 Å². The van der Waals surface area contributed by atoms with Crippen molar-refractivity contribution in [1.29, 1.82) is 0 Å². The molecule has 0 bridgehead atoms. The monoisotopic (exact) mass is 427 g/mol. The van der Waals surface area contributed by atoms with Crippen LogP contribution in [0.2, 0.25) is 0 Å². The molecule has 0 saturated heterocycles. The van der Waals surface area contributed by atoms with Gasteiger partial charge in [-0.25, -0.2) is 4.98 Å². The Labute approximate surface area is 189 Å². The number of rotatable bonds is 5. The Hall–Kier alpha value is -3.73. The highest BCUT2D eigenvalue weighted by molar-refractivity contribution is 5.80. The molecule has 0 fully saturated rings. The van der Waals surface area contributed by atoms with Crippen LogP contribution in [0.15, 0.2) is 65.1 Å². The zero-order chi connectivity index (χ0) is 23.0. The third kappa shape index (κ3) is 4.06. The Bertz CT molecular complexity index is 1150. The van der Waals surface area contributed by atoms with Gasteiger partial charge < -0.3 is 19.3 Å². The molecule has 5 heteroatoms. The van der Waals surface area contributed by atoms with Crippen LogP contribution in [-0.2, 0) is 0 Å². The molecule has 4 aromatic rings. The maximum atomic E-state index is 10.2. The van der Waals surface area contributed by atoms with Gasteiger partial charge in [0.15, 0.2) is 5.76 Å². The lowest BCUT2D eigenvalue weighted by Gasteiger charge is -2.13. The molecular weight excluding hydrogens is 398 g/mol. The van der Waals surface area contributed by atoms with Gasteiger partial charge in [0.1, 0.15) is 11.4 Å². The van der Waals surface area contributed by atoms with E-state index in [0.717, 1.165) is 50.6 Å². The molecule has 0 spiro atoms. The van der Waals surface area contributed by atoms with Gasteiger partial charge in [0.05, 0.1) is 0 Å². The second-order valence-electron chi connectivity index (χ2n) is 8.54. The van der Waals surface area contributed by atoms with E-state index >= 15 is 0 Å². The summed E-state index contributed by atoms with van der Waals surface area (Å²) in [6.07, 6.45) is 0. The fourth-order valence-corrected chi connectivity index (χ4v) is 3.74. The summed E-state index contributed by atoms with van der Waals surface area (Å²) in [5.74, 6) is 1.57. The van der Waals surface area contributed by atoms with Crippen LogP contribution >= 0.6 is 0 Å². The highest BCUT2D eigenvalue weighted by Gasteiger charge is 2.19. The third-order valence-corrected chi connectivity index (χ3v) is 5.67. The van der Waals surface area contributed by atoms with Crippen LogP contribution < -0.4 is 9.80 Å². The van der Waals surface area contributed by atoms with E-state index in [2.05, 4.69) is 58.3 Å². The minimum Gasteiger partial charge on any atom is -0.507 e.